The molecule has 6 heterocycles. The lowest BCUT2D eigenvalue weighted by atomic mass is 9.84. The van der Waals surface area contributed by atoms with E-state index < -0.39 is 47.2 Å². The van der Waals surface area contributed by atoms with Gasteiger partial charge in [0.1, 0.15) is 23.9 Å². The number of phenols is 1. The minimum absolute atomic E-state index is 0.0257. The molecular weight excluding hydrogens is 901 g/mol. The number of aromatic nitrogens is 2. The maximum absolute atomic E-state index is 14.8. The van der Waals surface area contributed by atoms with Crippen LogP contribution in [0, 0.1) is 23.2 Å². The van der Waals surface area contributed by atoms with Crippen molar-refractivity contribution in [3.8, 4) is 40.0 Å². The first-order valence-corrected chi connectivity index (χ1v) is 24.9. The molecule has 4 amide bonds. The normalized spacial score (nSPS) is 22.0. The first-order valence-electron chi connectivity index (χ1n) is 24.9. The van der Waals surface area contributed by atoms with E-state index >= 15 is 0 Å². The van der Waals surface area contributed by atoms with Crippen LogP contribution in [-0.4, -0.2) is 142 Å². The van der Waals surface area contributed by atoms with Crippen molar-refractivity contribution >= 4 is 40.5 Å². The fraction of sp³-hybridized carbons (Fsp3) is 0.491. The van der Waals surface area contributed by atoms with Gasteiger partial charge in [-0.2, -0.15) is 0 Å². The van der Waals surface area contributed by atoms with Crippen LogP contribution in [0.15, 0.2) is 66.9 Å². The van der Waals surface area contributed by atoms with Gasteiger partial charge in [0.2, 0.25) is 11.8 Å². The fourth-order valence-electron chi connectivity index (χ4n) is 10.8. The predicted octanol–water partition coefficient (Wildman–Crippen LogP) is 5.24. The molecule has 2 aromatic carbocycles. The molecule has 3 saturated heterocycles. The fourth-order valence-corrected chi connectivity index (χ4v) is 10.8. The van der Waals surface area contributed by atoms with Gasteiger partial charge < -0.3 is 34.3 Å². The van der Waals surface area contributed by atoms with Crippen LogP contribution in [0.25, 0.3) is 33.3 Å². The summed E-state index contributed by atoms with van der Waals surface area (Å²) in [4.78, 5) is 80.4. The monoisotopic (exact) mass is 969 g/mol. The lowest BCUT2D eigenvalue weighted by Gasteiger charge is -2.36. The summed E-state index contributed by atoms with van der Waals surface area (Å²) < 4.78 is 14.0. The summed E-state index contributed by atoms with van der Waals surface area (Å²) in [6.07, 6.45) is 5.53. The van der Waals surface area contributed by atoms with E-state index in [9.17, 15) is 29.1 Å². The first-order chi connectivity index (χ1) is 34.0. The quantitative estimate of drug-likeness (QED) is 0.114. The van der Waals surface area contributed by atoms with E-state index in [-0.39, 0.29) is 49.7 Å². The molecule has 4 aliphatic rings. The summed E-state index contributed by atoms with van der Waals surface area (Å²) in [6, 6.07) is 12.2. The molecule has 8 rings (SSSR count). The Morgan fingerprint density at radius 3 is 2.59 bits per heavy atom. The Labute approximate surface area is 416 Å². The molecular formula is C55H68N8O8. The Morgan fingerprint density at radius 2 is 1.86 bits per heavy atom. The number of likely N-dealkylation sites (tertiary alicyclic amines) is 2. The molecule has 3 fully saturated rings. The van der Waals surface area contributed by atoms with Gasteiger partial charge in [-0.1, -0.05) is 38.5 Å². The van der Waals surface area contributed by atoms with Gasteiger partial charge in [-0.3, -0.25) is 38.9 Å². The number of hydrazine groups is 1. The van der Waals surface area contributed by atoms with E-state index in [1.54, 1.807) is 37.3 Å². The number of hydrogen-bond acceptors (Lipinski definition) is 11. The third kappa shape index (κ3) is 11.0. The Bertz CT molecular complexity index is 2790. The summed E-state index contributed by atoms with van der Waals surface area (Å²) in [5.41, 5.74) is 9.82. The van der Waals surface area contributed by atoms with Gasteiger partial charge in [-0.25, -0.2) is 5.43 Å². The third-order valence-corrected chi connectivity index (χ3v) is 14.4. The number of benzene rings is 2. The van der Waals surface area contributed by atoms with Crippen LogP contribution < -0.4 is 10.7 Å². The summed E-state index contributed by atoms with van der Waals surface area (Å²) in [6.45, 7) is 14.8. The molecule has 16 heteroatoms. The number of phenolic OH excluding ortho intramolecular Hbond substituents is 1. The largest absolute Gasteiger partial charge is 0.508 e. The summed E-state index contributed by atoms with van der Waals surface area (Å²) >= 11 is 0. The number of rotatable bonds is 9. The second kappa shape index (κ2) is 21.4. The number of fused-ring (bicyclic) bond motifs is 6. The van der Waals surface area contributed by atoms with Gasteiger partial charge in [0, 0.05) is 74.8 Å². The molecule has 0 radical (unpaired) electrons. The molecule has 71 heavy (non-hydrogen) atoms. The Hall–Kier alpha value is -6.54. The third-order valence-electron chi connectivity index (χ3n) is 14.4. The van der Waals surface area contributed by atoms with E-state index in [2.05, 4.69) is 77.6 Å². The van der Waals surface area contributed by atoms with Gasteiger partial charge in [0.15, 0.2) is 0 Å². The summed E-state index contributed by atoms with van der Waals surface area (Å²) in [5.74, 6) is 3.01. The number of pyridine rings is 1. The van der Waals surface area contributed by atoms with Crippen LogP contribution in [-0.2, 0) is 59.4 Å². The maximum Gasteiger partial charge on any atom is 0.324 e. The van der Waals surface area contributed by atoms with Crippen molar-refractivity contribution < 1.29 is 38.6 Å². The highest BCUT2D eigenvalue weighted by Crippen LogP contribution is 2.41. The molecule has 4 aromatic rings. The van der Waals surface area contributed by atoms with Crippen LogP contribution in [0.5, 0.6) is 5.75 Å². The molecule has 376 valence electrons. The zero-order valence-electron chi connectivity index (χ0n) is 42.2. The summed E-state index contributed by atoms with van der Waals surface area (Å²) in [5, 5.41) is 16.7. The van der Waals surface area contributed by atoms with Crippen LogP contribution >= 0.6 is 0 Å². The number of nitrogens with one attached hydrogen (secondary N) is 2. The number of amides is 4. The SMILES string of the molecule is C=C(C)[C@@H](C(=O)N[C@H]1Cc2cc(O)cc(c2)-c2ccc3c(c2)c(c(-c2cccnc2COC)n3CC)CC(C)(C)COC(=O)[C@@H]2CCCN(N2)C1=O)N(C)C(=O)[C@H]1CCN(C(=O)C#C[C@@H]2CCCN2C)C1. The molecule has 0 spiro atoms. The van der Waals surface area contributed by atoms with Crippen molar-refractivity contribution in [2.75, 3.05) is 54.0 Å². The Kier molecular flexibility index (Phi) is 15.4. The van der Waals surface area contributed by atoms with Crippen LogP contribution in [0.1, 0.15) is 76.6 Å². The van der Waals surface area contributed by atoms with Crippen LogP contribution in [0.2, 0.25) is 0 Å². The molecule has 0 aliphatic carbocycles. The standard InChI is InChI=1S/C55H68N8O8/c1-9-62-47-18-16-36-29-42(47)43(50(62)41-14-10-21-56-46(41)32-70-8)30-55(4,5)33-71-54(69)44-15-12-23-63(58-44)53(68)45(27-35-25-38(36)28-40(64)26-35)57-51(66)49(34(2)3)60(7)52(67)37-20-24-61(31-37)48(65)19-17-39-13-11-22-59(39)6/h10,14,16,18,21,25-26,28-29,37,39,44-45,49,58,64H,2,9,11-13,15,20,22-24,27,30-33H2,1,3-8H3,(H,57,66)/t37-,39-,44-,45-,49-/m0/s1. The van der Waals surface area contributed by atoms with Crippen molar-refractivity contribution in [2.24, 2.45) is 11.3 Å². The number of carbonyl (C=O) groups excluding carboxylic acids is 5. The predicted molar refractivity (Wildman–Crippen MR) is 270 cm³/mol. The zero-order valence-corrected chi connectivity index (χ0v) is 42.2. The molecule has 2 aromatic heterocycles. The number of aryl methyl sites for hydroxylation is 1. The first kappa shape index (κ1) is 50.8. The Balaban J connectivity index is 1.13. The number of carbonyl (C=O) groups is 5. The highest BCUT2D eigenvalue weighted by Gasteiger charge is 2.40. The van der Waals surface area contributed by atoms with Crippen molar-refractivity contribution in [1.82, 2.24) is 40.0 Å². The number of esters is 1. The van der Waals surface area contributed by atoms with Crippen molar-refractivity contribution in [1.29, 1.82) is 0 Å². The number of nitrogens with zero attached hydrogens (tertiary/aromatic N) is 6. The smallest absolute Gasteiger partial charge is 0.324 e. The maximum atomic E-state index is 14.8. The summed E-state index contributed by atoms with van der Waals surface area (Å²) in [7, 11) is 5.18. The molecule has 5 atom stereocenters. The minimum atomic E-state index is -1.21. The number of hydrogen-bond donors (Lipinski definition) is 3. The lowest BCUT2D eigenvalue weighted by Crippen LogP contribution is -2.62. The van der Waals surface area contributed by atoms with Crippen molar-refractivity contribution in [3.05, 3.63) is 83.7 Å². The molecule has 0 unspecified atom stereocenters. The van der Waals surface area contributed by atoms with Gasteiger partial charge in [0.05, 0.1) is 36.6 Å². The minimum Gasteiger partial charge on any atom is -0.508 e. The van der Waals surface area contributed by atoms with Gasteiger partial charge in [-0.15, -0.1) is 0 Å². The zero-order chi connectivity index (χ0) is 50.7. The number of likely N-dealkylation sites (N-methyl/N-ethyl adjacent to an activating group) is 1. The van der Waals surface area contributed by atoms with E-state index in [0.717, 1.165) is 58.4 Å². The van der Waals surface area contributed by atoms with Crippen LogP contribution in [0.4, 0.5) is 0 Å². The average Bonchev–Trinajstić information content (AvgIpc) is 4.09. The molecule has 16 nitrogen and oxygen atoms in total. The second-order valence-corrected chi connectivity index (χ2v) is 20.5. The van der Waals surface area contributed by atoms with E-state index in [1.165, 1.54) is 17.0 Å². The van der Waals surface area contributed by atoms with E-state index in [0.29, 0.717) is 62.1 Å². The lowest BCUT2D eigenvalue weighted by molar-refractivity contribution is -0.155. The Morgan fingerprint density at radius 1 is 1.07 bits per heavy atom. The number of cyclic esters (lactones) is 1. The van der Waals surface area contributed by atoms with Crippen molar-refractivity contribution in [2.45, 2.75) is 110 Å². The van der Waals surface area contributed by atoms with Crippen LogP contribution in [0.3, 0.4) is 0 Å². The average molecular weight is 969 g/mol. The van der Waals surface area contributed by atoms with Gasteiger partial charge >= 0.3 is 5.97 Å². The van der Waals surface area contributed by atoms with Crippen molar-refractivity contribution in [3.63, 3.8) is 0 Å². The highest BCUT2D eigenvalue weighted by molar-refractivity contribution is 5.97. The molecule has 6 bridgehead atoms. The second-order valence-electron chi connectivity index (χ2n) is 20.5. The van der Waals surface area contributed by atoms with E-state index in [1.807, 2.05) is 25.2 Å². The van der Waals surface area contributed by atoms with E-state index in [4.69, 9.17) is 14.5 Å². The number of aromatic hydroxyl groups is 1. The van der Waals surface area contributed by atoms with Gasteiger partial charge in [0.25, 0.3) is 11.8 Å². The number of ether oxygens (including phenoxy) is 2. The number of methoxy groups -OCH3 is 1. The molecule has 0 saturated carbocycles. The molecule has 3 N–H and O–H groups in total. The molecule has 4 aliphatic heterocycles. The highest BCUT2D eigenvalue weighted by atomic mass is 16.5. The topological polar surface area (TPSA) is 179 Å². The van der Waals surface area contributed by atoms with Gasteiger partial charge in [-0.05, 0) is 136 Å².